The lowest BCUT2D eigenvalue weighted by Gasteiger charge is -1.52. The molecule has 1 heterocycles. The van der Waals surface area contributed by atoms with Crippen molar-refractivity contribution in [3.05, 3.63) is 12.2 Å². The van der Waals surface area contributed by atoms with E-state index in [9.17, 15) is 0 Å². The van der Waals surface area contributed by atoms with Gasteiger partial charge in [0.2, 0.25) is 0 Å². The van der Waals surface area contributed by atoms with Crippen LogP contribution in [0.3, 0.4) is 0 Å². The van der Waals surface area contributed by atoms with E-state index in [2.05, 4.69) is 4.42 Å². The summed E-state index contributed by atoms with van der Waals surface area (Å²) in [7, 11) is 0. The molecule has 0 saturated carbocycles. The highest BCUT2D eigenvalue weighted by Gasteiger charge is 2.02. The van der Waals surface area contributed by atoms with Crippen LogP contribution in [-0.4, -0.2) is 12.2 Å². The summed E-state index contributed by atoms with van der Waals surface area (Å²) in [5.41, 5.74) is 0. The van der Waals surface area contributed by atoms with E-state index in [1.165, 1.54) is 6.29 Å². The van der Waals surface area contributed by atoms with Crippen LogP contribution >= 0.6 is 0 Å². The van der Waals surface area contributed by atoms with Crippen molar-refractivity contribution in [2.75, 3.05) is 0 Å². The fraction of sp³-hybridized carbons (Fsp3) is 0. The van der Waals surface area contributed by atoms with Gasteiger partial charge in [-0.2, -0.15) is 4.42 Å². The van der Waals surface area contributed by atoms with Gasteiger partial charge in [0.15, 0.2) is 0 Å². The van der Waals surface area contributed by atoms with E-state index in [0.29, 0.717) is 0 Å². The molecular formula is C4H4NO+. The summed E-state index contributed by atoms with van der Waals surface area (Å²) < 4.78 is 4.50. The van der Waals surface area contributed by atoms with Crippen molar-refractivity contribution in [1.82, 2.24) is 0 Å². The van der Waals surface area contributed by atoms with Gasteiger partial charge in [0.25, 0.3) is 0 Å². The second-order valence-corrected chi connectivity index (χ2v) is 0.977. The minimum Gasteiger partial charge on any atom is -0.212 e. The van der Waals surface area contributed by atoms with Crippen LogP contribution in [0.4, 0.5) is 0 Å². The molecule has 0 aromatic rings. The lowest BCUT2D eigenvalue weighted by Crippen LogP contribution is -1.81. The Bertz CT molecular complexity index is 110. The van der Waals surface area contributed by atoms with E-state index in [4.69, 9.17) is 5.41 Å². The van der Waals surface area contributed by atoms with Gasteiger partial charge in [-0.25, -0.2) is 5.41 Å². The number of allylic oxidation sites excluding steroid dienone is 1. The molecule has 1 aliphatic rings. The Morgan fingerprint density at radius 3 is 2.67 bits per heavy atom. The monoisotopic (exact) mass is 82.0 g/mol. The number of carbonyl (C=O) groups excluding carboxylic acids is 1. The fourth-order valence-electron chi connectivity index (χ4n) is 0.279. The van der Waals surface area contributed by atoms with Crippen molar-refractivity contribution in [2.45, 2.75) is 0 Å². The van der Waals surface area contributed by atoms with Crippen LogP contribution in [0.1, 0.15) is 0 Å². The summed E-state index contributed by atoms with van der Waals surface area (Å²) in [5, 5.41) is 6.71. The molecule has 0 amide bonds. The molecule has 0 atom stereocenters. The maximum atomic E-state index is 6.71. The summed E-state index contributed by atoms with van der Waals surface area (Å²) in [5.74, 6) is 0.218. The van der Waals surface area contributed by atoms with Gasteiger partial charge in [0, 0.05) is 6.08 Å². The third-order valence-corrected chi connectivity index (χ3v) is 0.521. The van der Waals surface area contributed by atoms with Crippen molar-refractivity contribution in [1.29, 1.82) is 5.41 Å². The zero-order valence-electron chi connectivity index (χ0n) is 3.14. The van der Waals surface area contributed by atoms with Crippen molar-refractivity contribution >= 4 is 12.2 Å². The summed E-state index contributed by atoms with van der Waals surface area (Å²) in [6, 6.07) is 0. The topological polar surface area (TPSA) is 35.2 Å². The smallest absolute Gasteiger partial charge is 0.212 e. The van der Waals surface area contributed by atoms with E-state index in [0.717, 1.165) is 0 Å². The van der Waals surface area contributed by atoms with Crippen molar-refractivity contribution in [2.24, 2.45) is 0 Å². The Kier molecular flexibility index (Phi) is 0.572. The van der Waals surface area contributed by atoms with E-state index in [1.54, 1.807) is 12.2 Å². The van der Waals surface area contributed by atoms with Gasteiger partial charge >= 0.3 is 12.2 Å². The van der Waals surface area contributed by atoms with Gasteiger partial charge < -0.3 is 0 Å². The van der Waals surface area contributed by atoms with Crippen LogP contribution in [0, 0.1) is 5.41 Å². The molecule has 2 heteroatoms. The van der Waals surface area contributed by atoms with Crippen molar-refractivity contribution in [3.63, 3.8) is 0 Å². The predicted molar refractivity (Wildman–Crippen MR) is 22.9 cm³/mol. The van der Waals surface area contributed by atoms with E-state index < -0.39 is 0 Å². The normalized spacial score (nSPS) is 17.0. The zero-order chi connectivity index (χ0) is 4.41. The van der Waals surface area contributed by atoms with Crippen LogP contribution < -0.4 is 0 Å². The minimum atomic E-state index is 0.218. The van der Waals surface area contributed by atoms with Crippen LogP contribution in [-0.2, 0) is 4.42 Å². The van der Waals surface area contributed by atoms with Crippen LogP contribution in [0.2, 0.25) is 0 Å². The SMILES string of the molecule is N=C1C=CC=[O+]1. The quantitative estimate of drug-likeness (QED) is 0.321. The molecule has 0 spiro atoms. The maximum Gasteiger partial charge on any atom is 0.445 e. The first-order valence-corrected chi connectivity index (χ1v) is 1.65. The molecule has 1 rings (SSSR count). The van der Waals surface area contributed by atoms with Crippen LogP contribution in [0.15, 0.2) is 12.2 Å². The lowest BCUT2D eigenvalue weighted by atomic mass is 10.6. The Labute approximate surface area is 35.3 Å². The Hall–Kier alpha value is -0.920. The van der Waals surface area contributed by atoms with Gasteiger partial charge in [-0.1, -0.05) is 0 Å². The molecule has 0 bridgehead atoms. The lowest BCUT2D eigenvalue weighted by molar-refractivity contribution is -0.304. The Morgan fingerprint density at radius 2 is 2.50 bits per heavy atom. The van der Waals surface area contributed by atoms with Gasteiger partial charge in [-0.3, -0.25) is 0 Å². The highest BCUT2D eigenvalue weighted by molar-refractivity contribution is 5.92. The second-order valence-electron chi connectivity index (χ2n) is 0.977. The van der Waals surface area contributed by atoms with Gasteiger partial charge in [-0.15, -0.1) is 0 Å². The fourth-order valence-corrected chi connectivity index (χ4v) is 0.279. The molecule has 0 unspecified atom stereocenters. The molecule has 1 N–H and O–H groups in total. The summed E-state index contributed by atoms with van der Waals surface area (Å²) in [6.07, 6.45) is 4.74. The number of hydrogen-bond donors (Lipinski definition) is 1. The number of hydrogen-bond acceptors (Lipinski definition) is 1. The highest BCUT2D eigenvalue weighted by Crippen LogP contribution is 1.78. The first kappa shape index (κ1) is 3.28. The Balaban J connectivity index is 2.86. The van der Waals surface area contributed by atoms with Crippen LogP contribution in [0.5, 0.6) is 0 Å². The summed E-state index contributed by atoms with van der Waals surface area (Å²) >= 11 is 0. The minimum absolute atomic E-state index is 0.218. The van der Waals surface area contributed by atoms with E-state index in [1.807, 2.05) is 0 Å². The third kappa shape index (κ3) is 0.360. The maximum absolute atomic E-state index is 6.71. The molecule has 0 aromatic heterocycles. The second kappa shape index (κ2) is 1.05. The summed E-state index contributed by atoms with van der Waals surface area (Å²) in [6.45, 7) is 0. The van der Waals surface area contributed by atoms with Crippen LogP contribution in [0.25, 0.3) is 0 Å². The molecule has 0 radical (unpaired) electrons. The number of nitrogens with one attached hydrogen (secondary N) is 1. The number of aldehydes is 1. The van der Waals surface area contributed by atoms with Gasteiger partial charge in [0.1, 0.15) is 0 Å². The molecule has 0 fully saturated rings. The Morgan fingerprint density at radius 1 is 1.67 bits per heavy atom. The first-order chi connectivity index (χ1) is 2.89. The largest absolute Gasteiger partial charge is 0.445 e. The molecule has 0 aromatic carbocycles. The zero-order valence-corrected chi connectivity index (χ0v) is 3.14. The molecular weight excluding hydrogens is 78.0 g/mol. The molecule has 0 aliphatic carbocycles. The van der Waals surface area contributed by atoms with E-state index >= 15 is 0 Å². The van der Waals surface area contributed by atoms with Crippen molar-refractivity contribution in [3.8, 4) is 0 Å². The molecule has 1 aliphatic heterocycles. The molecule has 30 valence electrons. The standard InChI is InChI=1S/C4H4NO/c5-4-2-1-3-6-4/h1-3,5H/q+1. The van der Waals surface area contributed by atoms with Crippen molar-refractivity contribution < 1.29 is 4.42 Å². The van der Waals surface area contributed by atoms with Gasteiger partial charge in [0.05, 0.1) is 6.08 Å². The molecule has 6 heavy (non-hydrogen) atoms. The number of rotatable bonds is 0. The van der Waals surface area contributed by atoms with Gasteiger partial charge in [-0.05, 0) is 0 Å². The molecule has 2 nitrogen and oxygen atoms in total. The average molecular weight is 82.1 g/mol. The highest BCUT2D eigenvalue weighted by atomic mass is 16.4. The average Bonchev–Trinajstić information content (AvgIpc) is 1.86. The predicted octanol–water partition coefficient (Wildman–Crippen LogP) is 0.268. The molecule has 0 saturated heterocycles. The summed E-state index contributed by atoms with van der Waals surface area (Å²) in [4.78, 5) is 0. The third-order valence-electron chi connectivity index (χ3n) is 0.521. The first-order valence-electron chi connectivity index (χ1n) is 1.65. The van der Waals surface area contributed by atoms with E-state index in [-0.39, 0.29) is 5.90 Å².